The fraction of sp³-hybridized carbons (Fsp3) is 0.933. The quantitative estimate of drug-likeness (QED) is 0.391. The van der Waals surface area contributed by atoms with Gasteiger partial charge in [-0.25, -0.2) is 0 Å². The third-order valence-corrected chi connectivity index (χ3v) is 2.92. The van der Waals surface area contributed by atoms with Crippen LogP contribution in [0.4, 0.5) is 0 Å². The van der Waals surface area contributed by atoms with Gasteiger partial charge in [0.2, 0.25) is 0 Å². The Hall–Kier alpha value is -0.610. The summed E-state index contributed by atoms with van der Waals surface area (Å²) in [7, 11) is 0. The minimum absolute atomic E-state index is 0.0397. The largest absolute Gasteiger partial charge is 0.466 e. The van der Waals surface area contributed by atoms with Gasteiger partial charge in [0, 0.05) is 19.4 Å². The molecule has 0 atom stereocenters. The van der Waals surface area contributed by atoms with E-state index in [1.54, 1.807) is 0 Å². The van der Waals surface area contributed by atoms with Gasteiger partial charge in [-0.05, 0) is 6.42 Å². The summed E-state index contributed by atoms with van der Waals surface area (Å²) in [4.78, 5) is 11.4. The molecule has 0 aliphatic carbocycles. The van der Waals surface area contributed by atoms with E-state index in [1.807, 2.05) is 0 Å². The van der Waals surface area contributed by atoms with Gasteiger partial charge in [0.15, 0.2) is 0 Å². The van der Waals surface area contributed by atoms with Crippen molar-refractivity contribution in [2.45, 2.75) is 64.7 Å². The molecule has 0 aromatic heterocycles. The number of hydrogen-bond acceptors (Lipinski definition) is 4. The summed E-state index contributed by atoms with van der Waals surface area (Å²) < 4.78 is 10.2. The molecule has 0 spiro atoms. The lowest BCUT2D eigenvalue weighted by Crippen LogP contribution is -2.08. The second kappa shape index (κ2) is 15.4. The number of esters is 1. The number of aliphatic hydroxyl groups excluding tert-OH is 1. The van der Waals surface area contributed by atoms with Gasteiger partial charge in [0.25, 0.3) is 0 Å². The van der Waals surface area contributed by atoms with Gasteiger partial charge < -0.3 is 14.6 Å². The Morgan fingerprint density at radius 2 is 1.58 bits per heavy atom. The molecule has 0 radical (unpaired) electrons. The van der Waals surface area contributed by atoms with Crippen molar-refractivity contribution in [3.05, 3.63) is 0 Å². The number of carbonyl (C=O) groups is 1. The number of unbranched alkanes of at least 4 members (excludes halogenated alkanes) is 6. The Balaban J connectivity index is 3.13. The normalized spacial score (nSPS) is 10.6. The molecule has 4 nitrogen and oxygen atoms in total. The second-order valence-corrected chi connectivity index (χ2v) is 4.78. The van der Waals surface area contributed by atoms with Gasteiger partial charge in [0.1, 0.15) is 0 Å². The maximum Gasteiger partial charge on any atom is 0.305 e. The van der Waals surface area contributed by atoms with E-state index in [9.17, 15) is 4.79 Å². The maximum atomic E-state index is 11.4. The first-order valence-electron chi connectivity index (χ1n) is 7.65. The van der Waals surface area contributed by atoms with Crippen LogP contribution in [-0.2, 0) is 14.3 Å². The zero-order valence-electron chi connectivity index (χ0n) is 12.4. The second-order valence-electron chi connectivity index (χ2n) is 4.78. The van der Waals surface area contributed by atoms with Crippen molar-refractivity contribution in [2.75, 3.05) is 26.4 Å². The van der Waals surface area contributed by atoms with Crippen LogP contribution < -0.4 is 0 Å². The Labute approximate surface area is 117 Å². The summed E-state index contributed by atoms with van der Waals surface area (Å²) in [6.07, 6.45) is 9.70. The first-order chi connectivity index (χ1) is 9.31. The third-order valence-electron chi connectivity index (χ3n) is 2.92. The smallest absolute Gasteiger partial charge is 0.305 e. The molecule has 0 rings (SSSR count). The van der Waals surface area contributed by atoms with Gasteiger partial charge in [-0.1, -0.05) is 45.4 Å². The Morgan fingerprint density at radius 3 is 2.26 bits per heavy atom. The van der Waals surface area contributed by atoms with Crippen molar-refractivity contribution in [2.24, 2.45) is 0 Å². The van der Waals surface area contributed by atoms with Crippen LogP contribution in [0.5, 0.6) is 0 Å². The van der Waals surface area contributed by atoms with Crippen LogP contribution >= 0.6 is 0 Å². The fourth-order valence-electron chi connectivity index (χ4n) is 1.81. The molecule has 0 aromatic rings. The maximum absolute atomic E-state index is 11.4. The van der Waals surface area contributed by atoms with E-state index < -0.39 is 0 Å². The van der Waals surface area contributed by atoms with Crippen LogP contribution in [0.15, 0.2) is 0 Å². The summed E-state index contributed by atoms with van der Waals surface area (Å²) in [5, 5.41) is 8.49. The summed E-state index contributed by atoms with van der Waals surface area (Å²) in [6.45, 7) is 3.56. The fourth-order valence-corrected chi connectivity index (χ4v) is 1.81. The lowest BCUT2D eigenvalue weighted by molar-refractivity contribution is -0.144. The van der Waals surface area contributed by atoms with Crippen molar-refractivity contribution in [1.29, 1.82) is 0 Å². The molecular formula is C15H30O4. The summed E-state index contributed by atoms with van der Waals surface area (Å²) >= 11 is 0. The van der Waals surface area contributed by atoms with Crippen molar-refractivity contribution < 1.29 is 19.4 Å². The van der Waals surface area contributed by atoms with Crippen LogP contribution in [-0.4, -0.2) is 37.5 Å². The highest BCUT2D eigenvalue weighted by molar-refractivity contribution is 5.69. The van der Waals surface area contributed by atoms with Crippen molar-refractivity contribution in [1.82, 2.24) is 0 Å². The molecule has 19 heavy (non-hydrogen) atoms. The molecule has 1 N–H and O–H groups in total. The molecule has 0 saturated heterocycles. The van der Waals surface area contributed by atoms with Gasteiger partial charge in [-0.15, -0.1) is 0 Å². The topological polar surface area (TPSA) is 55.8 Å². The molecule has 0 fully saturated rings. The predicted octanol–water partition coefficient (Wildman–Crippen LogP) is 3.07. The van der Waals surface area contributed by atoms with Crippen molar-refractivity contribution in [3.8, 4) is 0 Å². The Morgan fingerprint density at radius 1 is 0.895 bits per heavy atom. The number of hydrogen-bond donors (Lipinski definition) is 1. The number of aliphatic hydroxyl groups is 1. The molecular weight excluding hydrogens is 244 g/mol. The van der Waals surface area contributed by atoms with E-state index in [1.165, 1.54) is 32.1 Å². The lowest BCUT2D eigenvalue weighted by atomic mass is 10.1. The molecule has 114 valence electrons. The van der Waals surface area contributed by atoms with Crippen LogP contribution in [0, 0.1) is 0 Å². The van der Waals surface area contributed by atoms with Crippen molar-refractivity contribution >= 4 is 5.97 Å². The average Bonchev–Trinajstić information content (AvgIpc) is 2.41. The summed E-state index contributed by atoms with van der Waals surface area (Å²) in [5.74, 6) is -0.101. The summed E-state index contributed by atoms with van der Waals surface area (Å²) in [5.41, 5.74) is 0. The first kappa shape index (κ1) is 18.4. The molecule has 0 heterocycles. The standard InChI is InChI=1S/C15H30O4/c1-2-3-4-5-6-7-8-10-15(17)19-13-9-12-18-14-11-16/h16H,2-14H2,1H3. The van der Waals surface area contributed by atoms with E-state index in [-0.39, 0.29) is 12.6 Å². The van der Waals surface area contributed by atoms with Crippen LogP contribution in [0.2, 0.25) is 0 Å². The monoisotopic (exact) mass is 274 g/mol. The van der Waals surface area contributed by atoms with E-state index >= 15 is 0 Å². The zero-order chi connectivity index (χ0) is 14.2. The molecule has 0 aliphatic heterocycles. The lowest BCUT2D eigenvalue weighted by Gasteiger charge is -2.05. The van der Waals surface area contributed by atoms with Crippen molar-refractivity contribution in [3.63, 3.8) is 0 Å². The third kappa shape index (κ3) is 15.3. The number of ether oxygens (including phenoxy) is 2. The van der Waals surface area contributed by atoms with E-state index in [0.29, 0.717) is 32.7 Å². The highest BCUT2D eigenvalue weighted by atomic mass is 16.5. The molecule has 0 amide bonds. The van der Waals surface area contributed by atoms with Gasteiger partial charge in [0.05, 0.1) is 19.8 Å². The first-order valence-corrected chi connectivity index (χ1v) is 7.65. The predicted molar refractivity (Wildman–Crippen MR) is 76.1 cm³/mol. The average molecular weight is 274 g/mol. The van der Waals surface area contributed by atoms with Gasteiger partial charge in [-0.2, -0.15) is 0 Å². The molecule has 0 bridgehead atoms. The van der Waals surface area contributed by atoms with Crippen LogP contribution in [0.1, 0.15) is 64.7 Å². The molecule has 0 aliphatic rings. The number of rotatable bonds is 14. The zero-order valence-corrected chi connectivity index (χ0v) is 12.4. The van der Waals surface area contributed by atoms with E-state index in [2.05, 4.69) is 6.92 Å². The Kier molecular flexibility index (Phi) is 15.0. The SMILES string of the molecule is CCCCCCCCCC(=O)OCCCOCCO. The van der Waals surface area contributed by atoms with Crippen LogP contribution in [0.3, 0.4) is 0 Å². The minimum atomic E-state index is -0.101. The van der Waals surface area contributed by atoms with E-state index in [0.717, 1.165) is 12.8 Å². The molecule has 0 saturated carbocycles. The van der Waals surface area contributed by atoms with Gasteiger partial charge in [-0.3, -0.25) is 4.79 Å². The highest BCUT2D eigenvalue weighted by Crippen LogP contribution is 2.08. The molecule has 4 heteroatoms. The minimum Gasteiger partial charge on any atom is -0.466 e. The Bertz CT molecular complexity index is 195. The van der Waals surface area contributed by atoms with Crippen LogP contribution in [0.25, 0.3) is 0 Å². The molecule has 0 unspecified atom stereocenters. The highest BCUT2D eigenvalue weighted by Gasteiger charge is 2.02. The summed E-state index contributed by atoms with van der Waals surface area (Å²) in [6, 6.07) is 0. The van der Waals surface area contributed by atoms with Gasteiger partial charge >= 0.3 is 5.97 Å². The number of carbonyl (C=O) groups excluding carboxylic acids is 1. The van der Waals surface area contributed by atoms with E-state index in [4.69, 9.17) is 14.6 Å². The molecule has 0 aromatic carbocycles.